The van der Waals surface area contributed by atoms with Gasteiger partial charge < -0.3 is 9.84 Å². The van der Waals surface area contributed by atoms with Crippen molar-refractivity contribution in [3.63, 3.8) is 0 Å². The van der Waals surface area contributed by atoms with Gasteiger partial charge in [0.1, 0.15) is 5.75 Å². The van der Waals surface area contributed by atoms with Gasteiger partial charge in [0.15, 0.2) is 0 Å². The summed E-state index contributed by atoms with van der Waals surface area (Å²) in [5.74, 6) is -0.920. The van der Waals surface area contributed by atoms with E-state index >= 15 is 0 Å². The van der Waals surface area contributed by atoms with E-state index in [1.165, 1.54) is 11.8 Å². The highest BCUT2D eigenvalue weighted by molar-refractivity contribution is 6.02. The van der Waals surface area contributed by atoms with Crippen LogP contribution in [0.2, 0.25) is 0 Å². The summed E-state index contributed by atoms with van der Waals surface area (Å²) in [6, 6.07) is 19.8. The maximum Gasteiger partial charge on any atom is 0.309 e. The highest BCUT2D eigenvalue weighted by Gasteiger charge is 2.17. The van der Waals surface area contributed by atoms with E-state index in [2.05, 4.69) is 5.43 Å². The van der Waals surface area contributed by atoms with Crippen molar-refractivity contribution in [1.82, 2.24) is 4.68 Å². The number of hydrogen-bond donors (Lipinski definition) is 2. The molecule has 0 saturated heterocycles. The number of benzene rings is 2. The predicted octanol–water partition coefficient (Wildman–Crippen LogP) is 3.17. The Labute approximate surface area is 150 Å². The van der Waals surface area contributed by atoms with E-state index in [-0.39, 0.29) is 12.3 Å². The van der Waals surface area contributed by atoms with Crippen molar-refractivity contribution >= 4 is 11.9 Å². The van der Waals surface area contributed by atoms with E-state index in [0.29, 0.717) is 22.7 Å². The summed E-state index contributed by atoms with van der Waals surface area (Å²) >= 11 is 0. The van der Waals surface area contributed by atoms with Crippen LogP contribution in [0.15, 0.2) is 66.7 Å². The van der Waals surface area contributed by atoms with Gasteiger partial charge in [0.25, 0.3) is 5.91 Å². The Morgan fingerprint density at radius 2 is 1.69 bits per heavy atom. The molecule has 0 unspecified atom stereocenters. The molecule has 0 fully saturated rings. The van der Waals surface area contributed by atoms with Gasteiger partial charge in [-0.3, -0.25) is 19.7 Å². The van der Waals surface area contributed by atoms with Gasteiger partial charge in [0.2, 0.25) is 0 Å². The number of nitrogens with one attached hydrogen (secondary N) is 1. The van der Waals surface area contributed by atoms with Gasteiger partial charge >= 0.3 is 5.97 Å². The number of carboxylic acids is 1. The second kappa shape index (κ2) is 7.57. The minimum Gasteiger partial charge on any atom is -0.496 e. The summed E-state index contributed by atoms with van der Waals surface area (Å²) in [7, 11) is 1.49. The van der Waals surface area contributed by atoms with Crippen LogP contribution in [-0.4, -0.2) is 28.8 Å². The van der Waals surface area contributed by atoms with Crippen LogP contribution in [0.4, 0.5) is 0 Å². The lowest BCUT2D eigenvalue weighted by atomic mass is 10.1. The van der Waals surface area contributed by atoms with Gasteiger partial charge in [-0.25, -0.2) is 0 Å². The van der Waals surface area contributed by atoms with E-state index in [0.717, 1.165) is 5.56 Å². The topological polar surface area (TPSA) is 80.6 Å². The average molecular weight is 350 g/mol. The Morgan fingerprint density at radius 3 is 2.38 bits per heavy atom. The van der Waals surface area contributed by atoms with Crippen LogP contribution in [-0.2, 0) is 11.2 Å². The van der Waals surface area contributed by atoms with Gasteiger partial charge in [0.05, 0.1) is 30.5 Å². The number of nitrogens with zero attached hydrogens (tertiary/aromatic N) is 1. The van der Waals surface area contributed by atoms with Crippen LogP contribution in [0.3, 0.4) is 0 Å². The first-order chi connectivity index (χ1) is 12.6. The lowest BCUT2D eigenvalue weighted by Crippen LogP contribution is -2.26. The maximum atomic E-state index is 12.8. The fourth-order valence-electron chi connectivity index (χ4n) is 2.73. The molecule has 0 atom stereocenters. The molecule has 6 nitrogen and oxygen atoms in total. The summed E-state index contributed by atoms with van der Waals surface area (Å²) in [4.78, 5) is 23.9. The normalized spacial score (nSPS) is 10.3. The molecule has 0 saturated carbocycles. The molecule has 1 heterocycles. The van der Waals surface area contributed by atoms with Crippen molar-refractivity contribution < 1.29 is 19.4 Å². The SMILES string of the molecule is COc1ccccc1C(=O)Nn1c(CC(=O)O)ccc1-c1ccccc1. The number of rotatable bonds is 6. The predicted molar refractivity (Wildman–Crippen MR) is 97.9 cm³/mol. The molecule has 0 aliphatic heterocycles. The van der Waals surface area contributed by atoms with Gasteiger partial charge in [0, 0.05) is 5.56 Å². The number of amides is 1. The van der Waals surface area contributed by atoms with E-state index in [1.807, 2.05) is 30.3 Å². The molecule has 0 spiro atoms. The number of methoxy groups -OCH3 is 1. The van der Waals surface area contributed by atoms with Crippen LogP contribution in [0.5, 0.6) is 5.75 Å². The average Bonchev–Trinajstić information content (AvgIpc) is 3.04. The van der Waals surface area contributed by atoms with Crippen LogP contribution in [0, 0.1) is 0 Å². The summed E-state index contributed by atoms with van der Waals surface area (Å²) in [6.45, 7) is 0. The number of para-hydroxylation sites is 1. The molecule has 1 amide bonds. The second-order valence-corrected chi connectivity index (χ2v) is 5.62. The molecule has 0 radical (unpaired) electrons. The molecule has 0 aliphatic carbocycles. The molecule has 3 rings (SSSR count). The number of carboxylic acid groups (broad SMARTS) is 1. The molecule has 2 N–H and O–H groups in total. The highest BCUT2D eigenvalue weighted by Crippen LogP contribution is 2.23. The third-order valence-electron chi connectivity index (χ3n) is 3.93. The van der Waals surface area contributed by atoms with Crippen LogP contribution in [0.1, 0.15) is 16.1 Å². The monoisotopic (exact) mass is 350 g/mol. The van der Waals surface area contributed by atoms with Gasteiger partial charge in [-0.1, -0.05) is 42.5 Å². The molecule has 3 aromatic rings. The second-order valence-electron chi connectivity index (χ2n) is 5.62. The van der Waals surface area contributed by atoms with Gasteiger partial charge in [-0.05, 0) is 24.3 Å². The minimum absolute atomic E-state index is 0.209. The number of ether oxygens (including phenoxy) is 1. The fraction of sp³-hybridized carbons (Fsp3) is 0.100. The third kappa shape index (κ3) is 3.59. The summed E-state index contributed by atoms with van der Waals surface area (Å²) in [5, 5.41) is 9.16. The van der Waals surface area contributed by atoms with Crippen molar-refractivity contribution in [1.29, 1.82) is 0 Å². The molecular formula is C20H18N2O4. The van der Waals surface area contributed by atoms with E-state index in [4.69, 9.17) is 9.84 Å². The van der Waals surface area contributed by atoms with Crippen LogP contribution >= 0.6 is 0 Å². The van der Waals surface area contributed by atoms with Crippen molar-refractivity contribution in [2.75, 3.05) is 12.5 Å². The van der Waals surface area contributed by atoms with E-state index in [1.54, 1.807) is 36.4 Å². The number of carbonyl (C=O) groups excluding carboxylic acids is 1. The Balaban J connectivity index is 2.01. The molecule has 2 aromatic carbocycles. The first-order valence-corrected chi connectivity index (χ1v) is 8.02. The van der Waals surface area contributed by atoms with Crippen molar-refractivity contribution in [2.45, 2.75) is 6.42 Å². The maximum absolute atomic E-state index is 12.8. The first kappa shape index (κ1) is 17.3. The summed E-state index contributed by atoms with van der Waals surface area (Å²) in [5.41, 5.74) is 5.19. The highest BCUT2D eigenvalue weighted by atomic mass is 16.5. The quantitative estimate of drug-likeness (QED) is 0.715. The van der Waals surface area contributed by atoms with Crippen molar-refractivity contribution in [3.8, 4) is 17.0 Å². The molecular weight excluding hydrogens is 332 g/mol. The third-order valence-corrected chi connectivity index (χ3v) is 3.93. The smallest absolute Gasteiger partial charge is 0.309 e. The number of carbonyl (C=O) groups is 2. The first-order valence-electron chi connectivity index (χ1n) is 8.02. The van der Waals surface area contributed by atoms with Gasteiger partial charge in [-0.2, -0.15) is 0 Å². The lowest BCUT2D eigenvalue weighted by Gasteiger charge is -2.15. The zero-order valence-corrected chi connectivity index (χ0v) is 14.2. The Hall–Kier alpha value is -3.54. The lowest BCUT2D eigenvalue weighted by molar-refractivity contribution is -0.136. The van der Waals surface area contributed by atoms with Crippen molar-refractivity contribution in [3.05, 3.63) is 78.0 Å². The minimum atomic E-state index is -0.976. The zero-order chi connectivity index (χ0) is 18.5. The molecule has 132 valence electrons. The Bertz CT molecular complexity index is 932. The number of aliphatic carboxylic acids is 1. The fourth-order valence-corrected chi connectivity index (χ4v) is 2.73. The van der Waals surface area contributed by atoms with Gasteiger partial charge in [-0.15, -0.1) is 0 Å². The Morgan fingerprint density at radius 1 is 1.00 bits per heavy atom. The number of hydrogen-bond acceptors (Lipinski definition) is 3. The van der Waals surface area contributed by atoms with Crippen molar-refractivity contribution in [2.24, 2.45) is 0 Å². The zero-order valence-electron chi connectivity index (χ0n) is 14.2. The van der Waals surface area contributed by atoms with E-state index in [9.17, 15) is 9.59 Å². The van der Waals surface area contributed by atoms with Crippen LogP contribution in [0.25, 0.3) is 11.3 Å². The largest absolute Gasteiger partial charge is 0.496 e. The molecule has 0 aliphatic rings. The summed E-state index contributed by atoms with van der Waals surface area (Å²) in [6.07, 6.45) is -0.209. The van der Waals surface area contributed by atoms with E-state index < -0.39 is 5.97 Å². The summed E-state index contributed by atoms with van der Waals surface area (Å²) < 4.78 is 6.74. The molecule has 6 heteroatoms. The Kier molecular flexibility index (Phi) is 5.03. The molecule has 26 heavy (non-hydrogen) atoms. The van der Waals surface area contributed by atoms with Crippen LogP contribution < -0.4 is 10.2 Å². The number of aromatic nitrogens is 1. The molecule has 0 bridgehead atoms. The standard InChI is InChI=1S/C20H18N2O4/c1-26-18-10-6-5-9-16(18)20(25)21-22-15(13-19(23)24)11-12-17(22)14-7-3-2-4-8-14/h2-12H,13H2,1H3,(H,21,25)(H,23,24). The molecule has 1 aromatic heterocycles.